The molecule has 0 aliphatic carbocycles. The van der Waals surface area contributed by atoms with Crippen LogP contribution in [0.25, 0.3) is 0 Å². The second-order valence-corrected chi connectivity index (χ2v) is 3.52. The predicted octanol–water partition coefficient (Wildman–Crippen LogP) is 2.14. The maximum Gasteiger partial charge on any atom is 0.134 e. The maximum absolute atomic E-state index is 9.20. The quantitative estimate of drug-likeness (QED) is 0.805. The normalized spacial score (nSPS) is 10.1. The summed E-state index contributed by atoms with van der Waals surface area (Å²) in [5, 5.41) is 9.20. The second kappa shape index (κ2) is 4.10. The van der Waals surface area contributed by atoms with Gasteiger partial charge in [-0.05, 0) is 30.3 Å². The SMILES string of the molecule is CN(c1ccc(O)cc1)c1cc(N)ccn1. The number of nitrogens with zero attached hydrogens (tertiary/aromatic N) is 2. The highest BCUT2D eigenvalue weighted by Gasteiger charge is 2.04. The van der Waals surface area contributed by atoms with Crippen molar-refractivity contribution in [3.8, 4) is 5.75 Å². The molecule has 1 aromatic carbocycles. The molecule has 4 heteroatoms. The van der Waals surface area contributed by atoms with Crippen LogP contribution in [0.1, 0.15) is 0 Å². The Morgan fingerprint density at radius 1 is 1.19 bits per heavy atom. The Labute approximate surface area is 94.0 Å². The minimum atomic E-state index is 0.248. The molecule has 0 unspecified atom stereocenters. The first kappa shape index (κ1) is 10.3. The van der Waals surface area contributed by atoms with Gasteiger partial charge in [0, 0.05) is 30.7 Å². The van der Waals surface area contributed by atoms with Crippen molar-refractivity contribution in [3.05, 3.63) is 42.6 Å². The summed E-state index contributed by atoms with van der Waals surface area (Å²) in [6.07, 6.45) is 1.67. The van der Waals surface area contributed by atoms with E-state index in [1.807, 2.05) is 24.1 Å². The Hall–Kier alpha value is -2.23. The van der Waals surface area contributed by atoms with Crippen molar-refractivity contribution >= 4 is 17.2 Å². The lowest BCUT2D eigenvalue weighted by molar-refractivity contribution is 0.475. The lowest BCUT2D eigenvalue weighted by Gasteiger charge is -2.18. The van der Waals surface area contributed by atoms with Crippen LogP contribution in [-0.2, 0) is 0 Å². The zero-order chi connectivity index (χ0) is 11.5. The van der Waals surface area contributed by atoms with Crippen LogP contribution in [0.5, 0.6) is 5.75 Å². The van der Waals surface area contributed by atoms with E-state index in [4.69, 9.17) is 5.73 Å². The summed E-state index contributed by atoms with van der Waals surface area (Å²) in [5.41, 5.74) is 7.31. The predicted molar refractivity (Wildman–Crippen MR) is 64.8 cm³/mol. The molecule has 16 heavy (non-hydrogen) atoms. The van der Waals surface area contributed by atoms with Crippen LogP contribution in [0.3, 0.4) is 0 Å². The van der Waals surface area contributed by atoms with Crippen molar-refractivity contribution in [2.45, 2.75) is 0 Å². The first-order valence-corrected chi connectivity index (χ1v) is 4.91. The van der Waals surface area contributed by atoms with Gasteiger partial charge in [-0.15, -0.1) is 0 Å². The van der Waals surface area contributed by atoms with Crippen LogP contribution in [0, 0.1) is 0 Å². The van der Waals surface area contributed by atoms with Gasteiger partial charge in [-0.3, -0.25) is 0 Å². The van der Waals surface area contributed by atoms with Crippen molar-refractivity contribution in [3.63, 3.8) is 0 Å². The number of nitrogen functional groups attached to an aromatic ring is 1. The summed E-state index contributed by atoms with van der Waals surface area (Å²) in [7, 11) is 1.90. The highest BCUT2D eigenvalue weighted by atomic mass is 16.3. The standard InChI is InChI=1S/C12H13N3O/c1-15(10-2-4-11(16)5-3-10)12-8-9(13)6-7-14-12/h2-8,16H,1H3,(H2,13,14). The number of aromatic nitrogens is 1. The van der Waals surface area contributed by atoms with Crippen molar-refractivity contribution in [1.29, 1.82) is 0 Å². The van der Waals surface area contributed by atoms with Gasteiger partial charge in [-0.1, -0.05) is 0 Å². The van der Waals surface area contributed by atoms with Crippen LogP contribution in [0.2, 0.25) is 0 Å². The summed E-state index contributed by atoms with van der Waals surface area (Å²) in [6, 6.07) is 10.5. The third kappa shape index (κ3) is 2.06. The van der Waals surface area contributed by atoms with Gasteiger partial charge in [-0.25, -0.2) is 4.98 Å². The summed E-state index contributed by atoms with van der Waals surface area (Å²) < 4.78 is 0. The molecular weight excluding hydrogens is 202 g/mol. The first-order chi connectivity index (χ1) is 7.66. The number of phenols is 1. The van der Waals surface area contributed by atoms with Crippen molar-refractivity contribution < 1.29 is 5.11 Å². The van der Waals surface area contributed by atoms with Gasteiger partial charge in [0.2, 0.25) is 0 Å². The van der Waals surface area contributed by atoms with E-state index in [0.29, 0.717) is 5.69 Å². The van der Waals surface area contributed by atoms with Crippen molar-refractivity contribution in [2.24, 2.45) is 0 Å². The maximum atomic E-state index is 9.20. The minimum Gasteiger partial charge on any atom is -0.508 e. The van der Waals surface area contributed by atoms with Gasteiger partial charge in [0.25, 0.3) is 0 Å². The number of hydrogen-bond acceptors (Lipinski definition) is 4. The van der Waals surface area contributed by atoms with Gasteiger partial charge in [0.1, 0.15) is 11.6 Å². The molecule has 0 spiro atoms. The Morgan fingerprint density at radius 2 is 1.88 bits per heavy atom. The van der Waals surface area contributed by atoms with Crippen LogP contribution in [0.4, 0.5) is 17.2 Å². The van der Waals surface area contributed by atoms with Gasteiger partial charge < -0.3 is 15.7 Å². The van der Waals surface area contributed by atoms with E-state index in [1.165, 1.54) is 0 Å². The molecule has 0 bridgehead atoms. The molecule has 0 radical (unpaired) electrons. The molecule has 2 aromatic rings. The molecule has 0 amide bonds. The molecule has 0 aliphatic rings. The van der Waals surface area contributed by atoms with Gasteiger partial charge in [0.15, 0.2) is 0 Å². The number of phenolic OH excluding ortho intramolecular Hbond substituents is 1. The zero-order valence-corrected chi connectivity index (χ0v) is 8.96. The molecule has 2 rings (SSSR count). The molecule has 1 aromatic heterocycles. The molecule has 4 nitrogen and oxygen atoms in total. The van der Waals surface area contributed by atoms with Gasteiger partial charge >= 0.3 is 0 Å². The van der Waals surface area contributed by atoms with Gasteiger partial charge in [-0.2, -0.15) is 0 Å². The van der Waals surface area contributed by atoms with E-state index in [1.54, 1.807) is 30.5 Å². The number of anilines is 3. The molecule has 0 saturated heterocycles. The Bertz CT molecular complexity index is 482. The fraction of sp³-hybridized carbons (Fsp3) is 0.0833. The molecule has 0 fully saturated rings. The molecule has 3 N–H and O–H groups in total. The molecule has 0 aliphatic heterocycles. The second-order valence-electron chi connectivity index (χ2n) is 3.52. The topological polar surface area (TPSA) is 62.4 Å². The average Bonchev–Trinajstić information content (AvgIpc) is 2.29. The number of pyridine rings is 1. The lowest BCUT2D eigenvalue weighted by atomic mass is 10.2. The van der Waals surface area contributed by atoms with E-state index in [2.05, 4.69) is 4.98 Å². The van der Waals surface area contributed by atoms with Gasteiger partial charge in [0.05, 0.1) is 0 Å². The summed E-state index contributed by atoms with van der Waals surface area (Å²) >= 11 is 0. The van der Waals surface area contributed by atoms with E-state index in [0.717, 1.165) is 11.5 Å². The largest absolute Gasteiger partial charge is 0.508 e. The summed E-state index contributed by atoms with van der Waals surface area (Å²) in [4.78, 5) is 6.12. The van der Waals surface area contributed by atoms with Crippen molar-refractivity contribution in [2.75, 3.05) is 17.7 Å². The number of rotatable bonds is 2. The smallest absolute Gasteiger partial charge is 0.134 e. The first-order valence-electron chi connectivity index (χ1n) is 4.91. The fourth-order valence-corrected chi connectivity index (χ4v) is 1.43. The number of benzene rings is 1. The van der Waals surface area contributed by atoms with Crippen LogP contribution >= 0.6 is 0 Å². The van der Waals surface area contributed by atoms with E-state index < -0.39 is 0 Å². The molecule has 0 saturated carbocycles. The number of nitrogens with two attached hydrogens (primary N) is 1. The van der Waals surface area contributed by atoms with Crippen LogP contribution in [0.15, 0.2) is 42.6 Å². The van der Waals surface area contributed by atoms with Crippen LogP contribution < -0.4 is 10.6 Å². The Balaban J connectivity index is 2.31. The number of hydrogen-bond donors (Lipinski definition) is 2. The van der Waals surface area contributed by atoms with E-state index >= 15 is 0 Å². The third-order valence-electron chi connectivity index (χ3n) is 2.35. The molecular formula is C12H13N3O. The van der Waals surface area contributed by atoms with E-state index in [-0.39, 0.29) is 5.75 Å². The summed E-state index contributed by atoms with van der Waals surface area (Å²) in [5.74, 6) is 1.02. The lowest BCUT2D eigenvalue weighted by Crippen LogP contribution is -2.11. The minimum absolute atomic E-state index is 0.248. The third-order valence-corrected chi connectivity index (χ3v) is 2.35. The Kier molecular flexibility index (Phi) is 2.64. The van der Waals surface area contributed by atoms with Crippen molar-refractivity contribution in [1.82, 2.24) is 4.98 Å². The summed E-state index contributed by atoms with van der Waals surface area (Å²) in [6.45, 7) is 0. The molecule has 82 valence electrons. The van der Waals surface area contributed by atoms with E-state index in [9.17, 15) is 5.11 Å². The fourth-order valence-electron chi connectivity index (χ4n) is 1.43. The van der Waals surface area contributed by atoms with Crippen LogP contribution in [-0.4, -0.2) is 17.1 Å². The molecule has 1 heterocycles. The Morgan fingerprint density at radius 3 is 2.50 bits per heavy atom. The zero-order valence-electron chi connectivity index (χ0n) is 8.96. The molecule has 0 atom stereocenters. The highest BCUT2D eigenvalue weighted by molar-refractivity contribution is 5.62. The highest BCUT2D eigenvalue weighted by Crippen LogP contribution is 2.24. The monoisotopic (exact) mass is 215 g/mol. The average molecular weight is 215 g/mol. The number of aromatic hydroxyl groups is 1.